The summed E-state index contributed by atoms with van der Waals surface area (Å²) in [6.45, 7) is 0.361. The molecule has 2 rings (SSSR count). The third-order valence-electron chi connectivity index (χ3n) is 2.70. The van der Waals surface area contributed by atoms with E-state index in [9.17, 15) is 8.42 Å². The maximum atomic E-state index is 11.6. The smallest absolute Gasteiger partial charge is 0.211 e. The van der Waals surface area contributed by atoms with Crippen LogP contribution in [0.4, 0.5) is 0 Å². The van der Waals surface area contributed by atoms with Crippen LogP contribution in [-0.4, -0.2) is 25.0 Å². The van der Waals surface area contributed by atoms with Crippen molar-refractivity contribution in [3.05, 3.63) is 33.8 Å². The molecule has 94 valence electrons. The van der Waals surface area contributed by atoms with E-state index in [1.54, 1.807) is 18.2 Å². The Morgan fingerprint density at radius 3 is 2.41 bits per heavy atom. The van der Waals surface area contributed by atoms with Crippen LogP contribution < -0.4 is 0 Å². The van der Waals surface area contributed by atoms with Gasteiger partial charge in [-0.15, -0.1) is 0 Å². The van der Waals surface area contributed by atoms with E-state index in [1.807, 2.05) is 0 Å². The van der Waals surface area contributed by atoms with Gasteiger partial charge < -0.3 is 0 Å². The zero-order valence-electron chi connectivity index (χ0n) is 9.36. The average Bonchev–Trinajstić information content (AvgIpc) is 3.01. The van der Waals surface area contributed by atoms with Gasteiger partial charge in [-0.1, -0.05) is 29.3 Å². The molecule has 0 radical (unpaired) electrons. The molecule has 0 atom stereocenters. The number of hydrogen-bond donors (Lipinski definition) is 0. The summed E-state index contributed by atoms with van der Waals surface area (Å²) in [4.78, 5) is 0. The Balaban J connectivity index is 2.20. The van der Waals surface area contributed by atoms with Crippen molar-refractivity contribution in [2.75, 3.05) is 6.26 Å². The van der Waals surface area contributed by atoms with Crippen molar-refractivity contribution >= 4 is 33.2 Å². The first kappa shape index (κ1) is 13.1. The summed E-state index contributed by atoms with van der Waals surface area (Å²) in [6, 6.07) is 5.35. The van der Waals surface area contributed by atoms with Crippen molar-refractivity contribution in [3.8, 4) is 0 Å². The maximum Gasteiger partial charge on any atom is 0.211 e. The van der Waals surface area contributed by atoms with Crippen molar-refractivity contribution in [2.24, 2.45) is 0 Å². The monoisotopic (exact) mass is 293 g/mol. The average molecular weight is 294 g/mol. The number of rotatable bonds is 4. The lowest BCUT2D eigenvalue weighted by Gasteiger charge is -2.19. The molecule has 1 aliphatic rings. The highest BCUT2D eigenvalue weighted by molar-refractivity contribution is 7.88. The minimum atomic E-state index is -3.17. The van der Waals surface area contributed by atoms with Gasteiger partial charge in [0.2, 0.25) is 10.0 Å². The van der Waals surface area contributed by atoms with Crippen LogP contribution in [0.15, 0.2) is 18.2 Å². The molecule has 3 nitrogen and oxygen atoms in total. The lowest BCUT2D eigenvalue weighted by molar-refractivity contribution is 0.402. The van der Waals surface area contributed by atoms with Crippen LogP contribution in [0.3, 0.4) is 0 Å². The summed E-state index contributed by atoms with van der Waals surface area (Å²) in [5.74, 6) is 0. The Morgan fingerprint density at radius 1 is 1.29 bits per heavy atom. The van der Waals surface area contributed by atoms with Gasteiger partial charge >= 0.3 is 0 Å². The van der Waals surface area contributed by atoms with Crippen LogP contribution in [0.1, 0.15) is 18.4 Å². The van der Waals surface area contributed by atoms with Crippen LogP contribution in [0, 0.1) is 0 Å². The second kappa shape index (κ2) is 4.76. The molecular weight excluding hydrogens is 281 g/mol. The molecule has 1 aromatic carbocycles. The van der Waals surface area contributed by atoms with Crippen LogP contribution >= 0.6 is 23.2 Å². The molecule has 0 saturated heterocycles. The van der Waals surface area contributed by atoms with Crippen molar-refractivity contribution < 1.29 is 8.42 Å². The fourth-order valence-electron chi connectivity index (χ4n) is 1.70. The Labute approximate surface area is 111 Å². The number of hydrogen-bond acceptors (Lipinski definition) is 2. The second-order valence-electron chi connectivity index (χ2n) is 4.29. The Kier molecular flexibility index (Phi) is 3.69. The molecule has 0 aliphatic heterocycles. The fraction of sp³-hybridized carbons (Fsp3) is 0.455. The van der Waals surface area contributed by atoms with E-state index in [0.29, 0.717) is 16.6 Å². The molecule has 0 aromatic heterocycles. The molecule has 0 unspecified atom stereocenters. The number of benzene rings is 1. The van der Waals surface area contributed by atoms with E-state index >= 15 is 0 Å². The Bertz CT molecular complexity index is 526. The molecule has 0 heterocycles. The molecule has 17 heavy (non-hydrogen) atoms. The second-order valence-corrected chi connectivity index (χ2v) is 7.04. The van der Waals surface area contributed by atoms with Crippen LogP contribution in [-0.2, 0) is 16.6 Å². The fourth-order valence-corrected chi connectivity index (χ4v) is 3.15. The summed E-state index contributed by atoms with van der Waals surface area (Å²) in [7, 11) is -3.17. The molecule has 0 amide bonds. The predicted molar refractivity (Wildman–Crippen MR) is 69.9 cm³/mol. The van der Waals surface area contributed by atoms with E-state index in [2.05, 4.69) is 0 Å². The molecule has 0 N–H and O–H groups in total. The topological polar surface area (TPSA) is 37.4 Å². The predicted octanol–water partition coefficient (Wildman–Crippen LogP) is 2.92. The highest BCUT2D eigenvalue weighted by Gasteiger charge is 2.34. The molecule has 6 heteroatoms. The summed E-state index contributed by atoms with van der Waals surface area (Å²) in [6.07, 6.45) is 3.12. The van der Waals surface area contributed by atoms with Gasteiger partial charge in [0.1, 0.15) is 0 Å². The van der Waals surface area contributed by atoms with Crippen LogP contribution in [0.2, 0.25) is 10.0 Å². The molecular formula is C11H13Cl2NO2S. The first-order valence-corrected chi connectivity index (χ1v) is 7.89. The molecule has 1 aliphatic carbocycles. The van der Waals surface area contributed by atoms with Crippen LogP contribution in [0.5, 0.6) is 0 Å². The largest absolute Gasteiger partial charge is 0.212 e. The minimum absolute atomic E-state index is 0.152. The van der Waals surface area contributed by atoms with E-state index in [0.717, 1.165) is 18.4 Å². The number of sulfonamides is 1. The lowest BCUT2D eigenvalue weighted by Crippen LogP contribution is -2.31. The van der Waals surface area contributed by atoms with Crippen molar-refractivity contribution in [3.63, 3.8) is 0 Å². The summed E-state index contributed by atoms with van der Waals surface area (Å²) in [5.41, 5.74) is 0.858. The van der Waals surface area contributed by atoms with Gasteiger partial charge in [0.05, 0.1) is 16.3 Å². The summed E-state index contributed by atoms with van der Waals surface area (Å²) >= 11 is 11.7. The third-order valence-corrected chi connectivity index (χ3v) is 4.72. The van der Waals surface area contributed by atoms with Gasteiger partial charge in [-0.25, -0.2) is 8.42 Å². The first-order chi connectivity index (χ1) is 7.88. The zero-order valence-corrected chi connectivity index (χ0v) is 11.7. The SMILES string of the molecule is CS(=O)(=O)N(Cc1ccc(Cl)c(Cl)c1)C1CC1. The van der Waals surface area contributed by atoms with E-state index in [4.69, 9.17) is 23.2 Å². The lowest BCUT2D eigenvalue weighted by atomic mass is 10.2. The number of halogens is 2. The third kappa shape index (κ3) is 3.35. The maximum absolute atomic E-state index is 11.6. The Morgan fingerprint density at radius 2 is 1.94 bits per heavy atom. The van der Waals surface area contributed by atoms with Crippen LogP contribution in [0.25, 0.3) is 0 Å². The van der Waals surface area contributed by atoms with Gasteiger partial charge in [0, 0.05) is 12.6 Å². The first-order valence-electron chi connectivity index (χ1n) is 5.28. The van der Waals surface area contributed by atoms with Gasteiger partial charge in [-0.3, -0.25) is 0 Å². The van der Waals surface area contributed by atoms with Gasteiger partial charge in [-0.05, 0) is 30.5 Å². The normalized spacial score (nSPS) is 16.5. The summed E-state index contributed by atoms with van der Waals surface area (Å²) < 4.78 is 24.8. The highest BCUT2D eigenvalue weighted by atomic mass is 35.5. The van der Waals surface area contributed by atoms with E-state index in [1.165, 1.54) is 10.6 Å². The van der Waals surface area contributed by atoms with E-state index < -0.39 is 10.0 Å². The summed E-state index contributed by atoms with van der Waals surface area (Å²) in [5, 5.41) is 0.932. The zero-order chi connectivity index (χ0) is 12.6. The van der Waals surface area contributed by atoms with Gasteiger partial charge in [0.25, 0.3) is 0 Å². The molecule has 0 bridgehead atoms. The molecule has 1 aromatic rings. The van der Waals surface area contributed by atoms with Crippen molar-refractivity contribution in [1.29, 1.82) is 0 Å². The standard InChI is InChI=1S/C11H13Cl2NO2S/c1-17(15,16)14(9-3-4-9)7-8-2-5-10(12)11(13)6-8/h2,5-6,9H,3-4,7H2,1H3. The minimum Gasteiger partial charge on any atom is -0.212 e. The molecule has 0 spiro atoms. The van der Waals surface area contributed by atoms with Gasteiger partial charge in [0.15, 0.2) is 0 Å². The van der Waals surface area contributed by atoms with Crippen molar-refractivity contribution in [1.82, 2.24) is 4.31 Å². The van der Waals surface area contributed by atoms with E-state index in [-0.39, 0.29) is 6.04 Å². The molecule has 1 fully saturated rings. The van der Waals surface area contributed by atoms with Gasteiger partial charge in [-0.2, -0.15) is 4.31 Å². The quantitative estimate of drug-likeness (QED) is 0.856. The number of nitrogens with zero attached hydrogens (tertiary/aromatic N) is 1. The highest BCUT2D eigenvalue weighted by Crippen LogP contribution is 2.31. The van der Waals surface area contributed by atoms with Crippen molar-refractivity contribution in [2.45, 2.75) is 25.4 Å². The Hall–Kier alpha value is -0.290. The molecule has 1 saturated carbocycles.